The first-order chi connectivity index (χ1) is 11.0. The van der Waals surface area contributed by atoms with Gasteiger partial charge in [-0.3, -0.25) is 9.59 Å². The van der Waals surface area contributed by atoms with Crippen LogP contribution in [0, 0.1) is 5.82 Å². The molecule has 7 nitrogen and oxygen atoms in total. The number of nitrogens with one attached hydrogen (secondary N) is 1. The van der Waals surface area contributed by atoms with Gasteiger partial charge in [0.2, 0.25) is 5.91 Å². The van der Waals surface area contributed by atoms with Gasteiger partial charge >= 0.3 is 6.03 Å². The largest absolute Gasteiger partial charge is 0.375 e. The van der Waals surface area contributed by atoms with Crippen LogP contribution in [0.25, 0.3) is 0 Å². The molecular formula is C15H16FN3O4. The number of benzene rings is 1. The summed E-state index contributed by atoms with van der Waals surface area (Å²) < 4.78 is 17.9. The first kappa shape index (κ1) is 15.4. The average Bonchev–Trinajstić information content (AvgIpc) is 2.93. The van der Waals surface area contributed by atoms with Crippen molar-refractivity contribution in [3.63, 3.8) is 0 Å². The molecule has 0 radical (unpaired) electrons. The van der Waals surface area contributed by atoms with Crippen molar-refractivity contribution in [2.75, 3.05) is 25.2 Å². The molecule has 8 heteroatoms. The summed E-state index contributed by atoms with van der Waals surface area (Å²) in [7, 11) is 1.40. The molecule has 4 amide bonds. The summed E-state index contributed by atoms with van der Waals surface area (Å²) in [5.41, 5.74) is 0.262. The fraction of sp³-hybridized carbons (Fsp3) is 0.400. The van der Waals surface area contributed by atoms with Gasteiger partial charge in [-0.2, -0.15) is 0 Å². The van der Waals surface area contributed by atoms with Crippen molar-refractivity contribution in [2.45, 2.75) is 18.5 Å². The Morgan fingerprint density at radius 1 is 1.35 bits per heavy atom. The topological polar surface area (TPSA) is 79.0 Å². The number of methoxy groups -OCH3 is 1. The lowest BCUT2D eigenvalue weighted by atomic mass is 10.0. The number of nitrogens with zero attached hydrogens (tertiary/aromatic N) is 2. The fourth-order valence-corrected chi connectivity index (χ4v) is 3.03. The molecule has 0 saturated carbocycles. The van der Waals surface area contributed by atoms with Crippen LogP contribution in [0.3, 0.4) is 0 Å². The summed E-state index contributed by atoms with van der Waals surface area (Å²) in [6, 6.07) is 3.30. The van der Waals surface area contributed by atoms with E-state index >= 15 is 0 Å². The number of hydrogen-bond acceptors (Lipinski definition) is 4. The summed E-state index contributed by atoms with van der Waals surface area (Å²) in [6.07, 6.45) is 0.509. The monoisotopic (exact) mass is 321 g/mol. The Labute approximate surface area is 132 Å². The molecule has 2 fully saturated rings. The minimum Gasteiger partial charge on any atom is -0.375 e. The molecule has 1 aromatic carbocycles. The smallest absolute Gasteiger partial charge is 0.329 e. The predicted octanol–water partition coefficient (Wildman–Crippen LogP) is 0.498. The first-order valence-electron chi connectivity index (χ1n) is 7.21. The van der Waals surface area contributed by atoms with Crippen LogP contribution in [0.2, 0.25) is 0 Å². The van der Waals surface area contributed by atoms with Crippen molar-refractivity contribution in [1.82, 2.24) is 10.2 Å². The zero-order chi connectivity index (χ0) is 16.6. The molecule has 2 saturated heterocycles. The van der Waals surface area contributed by atoms with E-state index in [1.54, 1.807) is 0 Å². The molecule has 2 aliphatic heterocycles. The minimum absolute atomic E-state index is 0.124. The normalized spacial score (nSPS) is 23.7. The quantitative estimate of drug-likeness (QED) is 0.879. The van der Waals surface area contributed by atoms with E-state index in [1.165, 1.54) is 36.3 Å². The number of likely N-dealkylation sites (tertiary alicyclic amines) is 1. The number of amides is 4. The van der Waals surface area contributed by atoms with Gasteiger partial charge in [0.15, 0.2) is 0 Å². The van der Waals surface area contributed by atoms with E-state index in [1.807, 2.05) is 0 Å². The van der Waals surface area contributed by atoms with Gasteiger partial charge in [-0.25, -0.2) is 14.1 Å². The molecule has 2 heterocycles. The number of halogens is 1. The lowest BCUT2D eigenvalue weighted by Crippen LogP contribution is -2.65. The lowest BCUT2D eigenvalue weighted by molar-refractivity contribution is -0.140. The zero-order valence-electron chi connectivity index (χ0n) is 12.5. The van der Waals surface area contributed by atoms with Gasteiger partial charge in [-0.05, 0) is 30.7 Å². The van der Waals surface area contributed by atoms with Gasteiger partial charge in [0.1, 0.15) is 18.5 Å². The second-order valence-electron chi connectivity index (χ2n) is 5.46. The van der Waals surface area contributed by atoms with E-state index in [2.05, 4.69) is 5.32 Å². The van der Waals surface area contributed by atoms with Crippen LogP contribution in [-0.4, -0.2) is 55.1 Å². The van der Waals surface area contributed by atoms with E-state index in [9.17, 15) is 18.8 Å². The second-order valence-corrected chi connectivity index (χ2v) is 5.46. The van der Waals surface area contributed by atoms with Crippen LogP contribution >= 0.6 is 0 Å². The Kier molecular flexibility index (Phi) is 3.99. The highest BCUT2D eigenvalue weighted by Gasteiger charge is 2.49. The minimum atomic E-state index is -0.764. The van der Waals surface area contributed by atoms with Crippen molar-refractivity contribution in [3.05, 3.63) is 30.1 Å². The third-order valence-corrected chi connectivity index (χ3v) is 4.06. The molecule has 0 bridgehead atoms. The number of rotatable bonds is 3. The van der Waals surface area contributed by atoms with Gasteiger partial charge in [0.25, 0.3) is 5.91 Å². The van der Waals surface area contributed by atoms with Gasteiger partial charge in [-0.1, -0.05) is 0 Å². The molecule has 0 aliphatic carbocycles. The molecular weight excluding hydrogens is 305 g/mol. The SMILES string of the molecule is COCC(=O)N1CC[C@H]2NC(=O)N(c3ccc(F)cc3)C(=O)[C@H]21. The number of ether oxygens (including phenoxy) is 1. The van der Waals surface area contributed by atoms with Crippen LogP contribution in [0.15, 0.2) is 24.3 Å². The molecule has 1 N–H and O–H groups in total. The molecule has 122 valence electrons. The van der Waals surface area contributed by atoms with Gasteiger partial charge < -0.3 is 15.0 Å². The Hall–Kier alpha value is -2.48. The Bertz CT molecular complexity index is 649. The number of urea groups is 1. The highest BCUT2D eigenvalue weighted by Crippen LogP contribution is 2.27. The summed E-state index contributed by atoms with van der Waals surface area (Å²) in [6.45, 7) is 0.252. The van der Waals surface area contributed by atoms with Crippen molar-refractivity contribution in [1.29, 1.82) is 0 Å². The van der Waals surface area contributed by atoms with Crippen molar-refractivity contribution < 1.29 is 23.5 Å². The van der Waals surface area contributed by atoms with Gasteiger partial charge in [0.05, 0.1) is 11.7 Å². The zero-order valence-corrected chi connectivity index (χ0v) is 12.5. The Balaban J connectivity index is 1.89. The van der Waals surface area contributed by atoms with E-state index in [0.29, 0.717) is 13.0 Å². The Morgan fingerprint density at radius 2 is 2.04 bits per heavy atom. The maximum Gasteiger partial charge on any atom is 0.329 e. The molecule has 0 spiro atoms. The van der Waals surface area contributed by atoms with Crippen LogP contribution in [0.4, 0.5) is 14.9 Å². The molecule has 0 unspecified atom stereocenters. The van der Waals surface area contributed by atoms with E-state index in [0.717, 1.165) is 4.90 Å². The number of hydrogen-bond donors (Lipinski definition) is 1. The second kappa shape index (κ2) is 5.96. The molecule has 0 aromatic heterocycles. The third kappa shape index (κ3) is 2.65. The standard InChI is InChI=1S/C15H16FN3O4/c1-23-8-12(20)18-7-6-11-13(18)14(21)19(15(22)17-11)10-4-2-9(16)3-5-10/h2-5,11,13H,6-8H2,1H3,(H,17,22)/t11-,13+/m1/s1. The van der Waals surface area contributed by atoms with Gasteiger partial charge in [0, 0.05) is 13.7 Å². The molecule has 23 heavy (non-hydrogen) atoms. The molecule has 2 aliphatic rings. The summed E-state index contributed by atoms with van der Waals surface area (Å²) in [5, 5.41) is 2.74. The number of carbonyl (C=O) groups excluding carboxylic acids is 3. The van der Waals surface area contributed by atoms with E-state index in [4.69, 9.17) is 4.74 Å². The average molecular weight is 321 g/mol. The van der Waals surface area contributed by atoms with Crippen LogP contribution in [0.1, 0.15) is 6.42 Å². The van der Waals surface area contributed by atoms with Crippen molar-refractivity contribution in [3.8, 4) is 0 Å². The third-order valence-electron chi connectivity index (χ3n) is 4.06. The fourth-order valence-electron chi connectivity index (χ4n) is 3.03. The molecule has 1 aromatic rings. The number of anilines is 1. The van der Waals surface area contributed by atoms with Crippen LogP contribution in [-0.2, 0) is 14.3 Å². The highest BCUT2D eigenvalue weighted by molar-refractivity contribution is 6.19. The van der Waals surface area contributed by atoms with Crippen molar-refractivity contribution in [2.24, 2.45) is 0 Å². The maximum atomic E-state index is 13.0. The molecule has 2 atom stereocenters. The van der Waals surface area contributed by atoms with E-state index < -0.39 is 29.8 Å². The first-order valence-corrected chi connectivity index (χ1v) is 7.21. The number of carbonyl (C=O) groups is 3. The maximum absolute atomic E-state index is 13.0. The van der Waals surface area contributed by atoms with Crippen LogP contribution < -0.4 is 10.2 Å². The van der Waals surface area contributed by atoms with Crippen LogP contribution in [0.5, 0.6) is 0 Å². The van der Waals surface area contributed by atoms with Crippen molar-refractivity contribution >= 4 is 23.5 Å². The number of imide groups is 1. The molecule has 3 rings (SSSR count). The lowest BCUT2D eigenvalue weighted by Gasteiger charge is -2.36. The summed E-state index contributed by atoms with van der Waals surface area (Å²) >= 11 is 0. The highest BCUT2D eigenvalue weighted by atomic mass is 19.1. The summed E-state index contributed by atoms with van der Waals surface area (Å²) in [4.78, 5) is 39.4. The predicted molar refractivity (Wildman–Crippen MR) is 78.2 cm³/mol. The van der Waals surface area contributed by atoms with Gasteiger partial charge in [-0.15, -0.1) is 0 Å². The Morgan fingerprint density at radius 3 is 2.70 bits per heavy atom. The summed E-state index contributed by atoms with van der Waals surface area (Å²) in [5.74, 6) is -1.26. The van der Waals surface area contributed by atoms with E-state index in [-0.39, 0.29) is 18.2 Å². The number of fused-ring (bicyclic) bond motifs is 1.